The maximum Gasteiger partial charge on any atom is 0.255 e. The van der Waals surface area contributed by atoms with Crippen molar-refractivity contribution in [3.8, 4) is 0 Å². The average molecular weight is 283 g/mol. The van der Waals surface area contributed by atoms with Crippen molar-refractivity contribution >= 4 is 23.0 Å². The number of anilines is 3. The summed E-state index contributed by atoms with van der Waals surface area (Å²) >= 11 is 0. The van der Waals surface area contributed by atoms with Crippen LogP contribution in [0, 0.1) is 13.8 Å². The lowest BCUT2D eigenvalue weighted by molar-refractivity contribution is 0.102. The molecule has 2 aromatic carbocycles. The summed E-state index contributed by atoms with van der Waals surface area (Å²) in [5, 5.41) is 2.91. The van der Waals surface area contributed by atoms with Crippen LogP contribution >= 0.6 is 0 Å². The zero-order chi connectivity index (χ0) is 15.6. The van der Waals surface area contributed by atoms with Gasteiger partial charge in [0.25, 0.3) is 5.91 Å². The minimum Gasteiger partial charge on any atom is -0.397 e. The molecule has 0 heterocycles. The van der Waals surface area contributed by atoms with Gasteiger partial charge in [0, 0.05) is 25.3 Å². The molecule has 0 saturated heterocycles. The third-order valence-electron chi connectivity index (χ3n) is 3.25. The summed E-state index contributed by atoms with van der Waals surface area (Å²) in [7, 11) is 3.84. The fraction of sp³-hybridized carbons (Fsp3) is 0.235. The van der Waals surface area contributed by atoms with E-state index in [0.29, 0.717) is 11.3 Å². The van der Waals surface area contributed by atoms with Crippen LogP contribution in [0.3, 0.4) is 0 Å². The molecule has 1 amide bonds. The molecule has 2 aromatic rings. The second-order valence-electron chi connectivity index (χ2n) is 5.50. The third kappa shape index (κ3) is 3.54. The largest absolute Gasteiger partial charge is 0.397 e. The lowest BCUT2D eigenvalue weighted by Crippen LogP contribution is -2.15. The molecule has 0 aliphatic heterocycles. The van der Waals surface area contributed by atoms with Crippen molar-refractivity contribution in [1.29, 1.82) is 0 Å². The molecule has 21 heavy (non-hydrogen) atoms. The quantitative estimate of drug-likeness (QED) is 0.850. The summed E-state index contributed by atoms with van der Waals surface area (Å²) in [6.07, 6.45) is 0. The van der Waals surface area contributed by atoms with Crippen molar-refractivity contribution in [3.05, 3.63) is 53.1 Å². The predicted molar refractivity (Wildman–Crippen MR) is 89.1 cm³/mol. The van der Waals surface area contributed by atoms with Crippen LogP contribution in [0.25, 0.3) is 0 Å². The maximum absolute atomic E-state index is 12.3. The van der Waals surface area contributed by atoms with E-state index in [-0.39, 0.29) is 5.91 Å². The second kappa shape index (κ2) is 5.87. The molecule has 0 fully saturated rings. The van der Waals surface area contributed by atoms with Gasteiger partial charge in [0.2, 0.25) is 0 Å². The molecule has 4 nitrogen and oxygen atoms in total. The van der Waals surface area contributed by atoms with Crippen molar-refractivity contribution in [2.24, 2.45) is 0 Å². The summed E-state index contributed by atoms with van der Waals surface area (Å²) in [5.74, 6) is -0.156. The first-order valence-corrected chi connectivity index (χ1v) is 6.83. The first-order valence-electron chi connectivity index (χ1n) is 6.83. The summed E-state index contributed by atoms with van der Waals surface area (Å²) in [6.45, 7) is 4.01. The van der Waals surface area contributed by atoms with E-state index < -0.39 is 0 Å². The number of benzene rings is 2. The zero-order valence-electron chi connectivity index (χ0n) is 12.9. The number of hydrogen-bond acceptors (Lipinski definition) is 3. The highest BCUT2D eigenvalue weighted by Crippen LogP contribution is 2.23. The van der Waals surface area contributed by atoms with Gasteiger partial charge in [0.1, 0.15) is 0 Å². The molecule has 0 spiro atoms. The number of carbonyl (C=O) groups is 1. The number of hydrogen-bond donors (Lipinski definition) is 2. The molecule has 0 bridgehead atoms. The Kier molecular flexibility index (Phi) is 4.17. The summed E-state index contributed by atoms with van der Waals surface area (Å²) in [6, 6.07) is 11.3. The zero-order valence-corrected chi connectivity index (χ0v) is 12.9. The molecule has 3 N–H and O–H groups in total. The van der Waals surface area contributed by atoms with Gasteiger partial charge >= 0.3 is 0 Å². The van der Waals surface area contributed by atoms with Gasteiger partial charge in [-0.3, -0.25) is 4.79 Å². The lowest BCUT2D eigenvalue weighted by atomic mass is 10.1. The summed E-state index contributed by atoms with van der Waals surface area (Å²) in [4.78, 5) is 14.2. The van der Waals surface area contributed by atoms with Crippen LogP contribution in [0.1, 0.15) is 21.5 Å². The van der Waals surface area contributed by atoms with Crippen molar-refractivity contribution in [3.63, 3.8) is 0 Å². The Morgan fingerprint density at radius 2 is 1.67 bits per heavy atom. The Morgan fingerprint density at radius 3 is 2.19 bits per heavy atom. The van der Waals surface area contributed by atoms with Gasteiger partial charge in [-0.05, 0) is 55.3 Å². The first kappa shape index (κ1) is 14.9. The molecule has 0 aromatic heterocycles. The standard InChI is InChI=1S/C17H21N3O/c1-11-7-12(2)9-14(8-11)19-17(21)13-5-6-16(20(3)4)15(18)10-13/h5-10H,18H2,1-4H3,(H,19,21). The topological polar surface area (TPSA) is 58.4 Å². The highest BCUT2D eigenvalue weighted by Gasteiger charge is 2.10. The van der Waals surface area contributed by atoms with E-state index in [1.807, 2.05) is 51.0 Å². The maximum atomic E-state index is 12.3. The van der Waals surface area contributed by atoms with Gasteiger partial charge in [-0.25, -0.2) is 0 Å². The molecule has 4 heteroatoms. The minimum atomic E-state index is -0.156. The van der Waals surface area contributed by atoms with Gasteiger partial charge in [0.05, 0.1) is 11.4 Å². The van der Waals surface area contributed by atoms with Crippen LogP contribution in [-0.2, 0) is 0 Å². The van der Waals surface area contributed by atoms with E-state index in [4.69, 9.17) is 5.73 Å². The van der Waals surface area contributed by atoms with Gasteiger partial charge in [0.15, 0.2) is 0 Å². The fourth-order valence-corrected chi connectivity index (χ4v) is 2.35. The van der Waals surface area contributed by atoms with Crippen LogP contribution < -0.4 is 16.0 Å². The molecule has 0 saturated carbocycles. The van der Waals surface area contributed by atoms with E-state index in [1.54, 1.807) is 12.1 Å². The van der Waals surface area contributed by atoms with Crippen LogP contribution in [0.5, 0.6) is 0 Å². The monoisotopic (exact) mass is 283 g/mol. The Bertz CT molecular complexity index is 657. The highest BCUT2D eigenvalue weighted by molar-refractivity contribution is 6.05. The Labute approximate surface area is 125 Å². The minimum absolute atomic E-state index is 0.156. The van der Waals surface area contributed by atoms with Crippen molar-refractivity contribution in [2.45, 2.75) is 13.8 Å². The van der Waals surface area contributed by atoms with Gasteiger partial charge in [-0.1, -0.05) is 6.07 Å². The molecule has 0 aliphatic rings. The fourth-order valence-electron chi connectivity index (χ4n) is 2.35. The van der Waals surface area contributed by atoms with E-state index in [0.717, 1.165) is 22.5 Å². The van der Waals surface area contributed by atoms with Gasteiger partial charge < -0.3 is 16.0 Å². The van der Waals surface area contributed by atoms with Crippen molar-refractivity contribution in [1.82, 2.24) is 0 Å². The molecular formula is C17H21N3O. The summed E-state index contributed by atoms with van der Waals surface area (Å²) < 4.78 is 0. The molecule has 2 rings (SSSR count). The molecule has 0 atom stereocenters. The summed E-state index contributed by atoms with van der Waals surface area (Å²) in [5.41, 5.74) is 11.1. The lowest BCUT2D eigenvalue weighted by Gasteiger charge is -2.16. The number of nitrogens with one attached hydrogen (secondary N) is 1. The van der Waals surface area contributed by atoms with Crippen molar-refractivity contribution < 1.29 is 4.79 Å². The number of amides is 1. The SMILES string of the molecule is Cc1cc(C)cc(NC(=O)c2ccc(N(C)C)c(N)c2)c1. The number of nitrogens with zero attached hydrogens (tertiary/aromatic N) is 1. The van der Waals surface area contributed by atoms with Gasteiger partial charge in [-0.2, -0.15) is 0 Å². The number of aryl methyl sites for hydroxylation is 2. The Hall–Kier alpha value is -2.49. The first-order chi connectivity index (χ1) is 9.86. The number of nitrogens with two attached hydrogens (primary N) is 1. The van der Waals surface area contributed by atoms with Crippen LogP contribution in [0.15, 0.2) is 36.4 Å². The Morgan fingerprint density at radius 1 is 1.05 bits per heavy atom. The Balaban J connectivity index is 2.22. The van der Waals surface area contributed by atoms with Crippen LogP contribution in [0.2, 0.25) is 0 Å². The van der Waals surface area contributed by atoms with Crippen LogP contribution in [0.4, 0.5) is 17.1 Å². The molecule has 0 aliphatic carbocycles. The number of carbonyl (C=O) groups excluding carboxylic acids is 1. The van der Waals surface area contributed by atoms with E-state index >= 15 is 0 Å². The molecule has 110 valence electrons. The van der Waals surface area contributed by atoms with E-state index in [9.17, 15) is 4.79 Å². The van der Waals surface area contributed by atoms with E-state index in [2.05, 4.69) is 11.4 Å². The molecule has 0 unspecified atom stereocenters. The van der Waals surface area contributed by atoms with Gasteiger partial charge in [-0.15, -0.1) is 0 Å². The van der Waals surface area contributed by atoms with Crippen molar-refractivity contribution in [2.75, 3.05) is 30.0 Å². The highest BCUT2D eigenvalue weighted by atomic mass is 16.1. The predicted octanol–water partition coefficient (Wildman–Crippen LogP) is 3.20. The second-order valence-corrected chi connectivity index (χ2v) is 5.50. The van der Waals surface area contributed by atoms with Crippen LogP contribution in [-0.4, -0.2) is 20.0 Å². The number of rotatable bonds is 3. The number of nitrogen functional groups attached to an aromatic ring is 1. The van der Waals surface area contributed by atoms with E-state index in [1.165, 1.54) is 0 Å². The average Bonchev–Trinajstić information content (AvgIpc) is 2.36. The smallest absolute Gasteiger partial charge is 0.255 e. The third-order valence-corrected chi connectivity index (χ3v) is 3.25. The normalized spacial score (nSPS) is 10.3. The molecule has 0 radical (unpaired) electrons. The molecular weight excluding hydrogens is 262 g/mol.